The van der Waals surface area contributed by atoms with Crippen molar-refractivity contribution in [1.29, 1.82) is 0 Å². The second kappa shape index (κ2) is 10.6. The molecule has 43 heavy (non-hydrogen) atoms. The molecule has 5 aromatic rings. The first-order chi connectivity index (χ1) is 20.8. The van der Waals surface area contributed by atoms with Gasteiger partial charge in [-0.1, -0.05) is 43.2 Å². The van der Waals surface area contributed by atoms with Crippen molar-refractivity contribution in [2.24, 2.45) is 14.1 Å². The standard InChI is InChI=1S/C36H36N4O3/c1-23(41)10-11-24-12-15-30-29(20-24)37-35(40(30)3)36(17-6-7-18-36)38-34(42)26-13-14-28-31(21-26)39(2)33(27-16-19-43-22-27)32(28)25-8-4-5-9-25/h6-7,10-16,19-22,25H,4-5,8-9,17-18H2,1-3H3,(H,38,42)/b11-10+. The predicted molar refractivity (Wildman–Crippen MR) is 170 cm³/mol. The minimum Gasteiger partial charge on any atom is -0.472 e. The van der Waals surface area contributed by atoms with E-state index in [9.17, 15) is 9.59 Å². The maximum absolute atomic E-state index is 14.0. The Morgan fingerprint density at radius 1 is 1.00 bits per heavy atom. The third-order valence-electron chi connectivity index (χ3n) is 9.36. The molecular formula is C36H36N4O3. The fourth-order valence-electron chi connectivity index (χ4n) is 7.23. The van der Waals surface area contributed by atoms with Crippen molar-refractivity contribution in [2.75, 3.05) is 0 Å². The molecular weight excluding hydrogens is 536 g/mol. The zero-order valence-corrected chi connectivity index (χ0v) is 24.9. The van der Waals surface area contributed by atoms with Crippen LogP contribution in [0.25, 0.3) is 39.3 Å². The Bertz CT molecular complexity index is 1920. The minimum atomic E-state index is -0.652. The van der Waals surface area contributed by atoms with Gasteiger partial charge in [0, 0.05) is 36.1 Å². The molecule has 0 radical (unpaired) electrons. The van der Waals surface area contributed by atoms with Gasteiger partial charge in [0.25, 0.3) is 5.91 Å². The van der Waals surface area contributed by atoms with E-state index in [4.69, 9.17) is 9.40 Å². The molecule has 2 aliphatic rings. The summed E-state index contributed by atoms with van der Waals surface area (Å²) in [6, 6.07) is 14.1. The van der Waals surface area contributed by atoms with E-state index in [2.05, 4.69) is 39.7 Å². The number of aryl methyl sites for hydroxylation is 2. The summed E-state index contributed by atoms with van der Waals surface area (Å²) in [5.41, 5.74) is 7.39. The molecule has 2 aliphatic carbocycles. The van der Waals surface area contributed by atoms with Crippen molar-refractivity contribution in [3.05, 3.63) is 95.7 Å². The first kappa shape index (κ1) is 27.2. The van der Waals surface area contributed by atoms with Crippen LogP contribution in [0.1, 0.15) is 78.7 Å². The van der Waals surface area contributed by atoms with E-state index in [0.29, 0.717) is 24.3 Å². The highest BCUT2D eigenvalue weighted by Crippen LogP contribution is 2.45. The zero-order chi connectivity index (χ0) is 29.7. The molecule has 3 aromatic heterocycles. The lowest BCUT2D eigenvalue weighted by atomic mass is 9.92. The summed E-state index contributed by atoms with van der Waals surface area (Å²) in [4.78, 5) is 30.5. The lowest BCUT2D eigenvalue weighted by Gasteiger charge is -2.30. The largest absolute Gasteiger partial charge is 0.472 e. The summed E-state index contributed by atoms with van der Waals surface area (Å²) in [5.74, 6) is 1.22. The number of ketones is 1. The van der Waals surface area contributed by atoms with Gasteiger partial charge in [0.2, 0.25) is 0 Å². The van der Waals surface area contributed by atoms with E-state index in [1.165, 1.54) is 49.3 Å². The Kier molecular flexibility index (Phi) is 6.68. The number of rotatable bonds is 7. The number of carbonyl (C=O) groups is 2. The maximum Gasteiger partial charge on any atom is 0.252 e. The second-order valence-corrected chi connectivity index (χ2v) is 12.1. The highest BCUT2D eigenvalue weighted by atomic mass is 16.3. The van der Waals surface area contributed by atoms with Crippen molar-refractivity contribution in [2.45, 2.75) is 56.9 Å². The molecule has 7 rings (SSSR count). The second-order valence-electron chi connectivity index (χ2n) is 12.1. The molecule has 7 heteroatoms. The molecule has 1 saturated carbocycles. The van der Waals surface area contributed by atoms with Crippen LogP contribution in [0.15, 0.2) is 77.6 Å². The van der Waals surface area contributed by atoms with Crippen LogP contribution in [-0.2, 0) is 24.4 Å². The van der Waals surface area contributed by atoms with Crippen molar-refractivity contribution in [3.63, 3.8) is 0 Å². The van der Waals surface area contributed by atoms with Gasteiger partial charge in [-0.25, -0.2) is 4.98 Å². The van der Waals surface area contributed by atoms with Crippen LogP contribution in [0.2, 0.25) is 0 Å². The van der Waals surface area contributed by atoms with E-state index in [1.807, 2.05) is 49.7 Å². The number of nitrogens with one attached hydrogen (secondary N) is 1. The van der Waals surface area contributed by atoms with Gasteiger partial charge in [0.05, 0.1) is 29.3 Å². The molecule has 0 spiro atoms. The van der Waals surface area contributed by atoms with Crippen molar-refractivity contribution in [1.82, 2.24) is 19.4 Å². The van der Waals surface area contributed by atoms with Crippen LogP contribution in [0.4, 0.5) is 0 Å². The number of fused-ring (bicyclic) bond motifs is 2. The number of imidazole rings is 1. The maximum atomic E-state index is 14.0. The molecule has 0 aliphatic heterocycles. The summed E-state index contributed by atoms with van der Waals surface area (Å²) >= 11 is 0. The SMILES string of the molecule is CC(=O)/C=C/c1ccc2c(c1)nc(C1(NC(=O)c3ccc4c(C5CCCC5)c(-c5ccoc5)n(C)c4c3)CC=CC1)n2C. The minimum absolute atomic E-state index is 0.00138. The van der Waals surface area contributed by atoms with Crippen LogP contribution in [0.5, 0.6) is 0 Å². The van der Waals surface area contributed by atoms with E-state index in [-0.39, 0.29) is 11.7 Å². The van der Waals surface area contributed by atoms with Gasteiger partial charge in [-0.15, -0.1) is 0 Å². The molecule has 0 atom stereocenters. The molecule has 218 valence electrons. The van der Waals surface area contributed by atoms with E-state index >= 15 is 0 Å². The molecule has 1 fully saturated rings. The van der Waals surface area contributed by atoms with Crippen LogP contribution >= 0.6 is 0 Å². The fourth-order valence-corrected chi connectivity index (χ4v) is 7.23. The van der Waals surface area contributed by atoms with E-state index < -0.39 is 5.54 Å². The topological polar surface area (TPSA) is 82.1 Å². The molecule has 1 N–H and O–H groups in total. The quantitative estimate of drug-likeness (QED) is 0.161. The average molecular weight is 573 g/mol. The lowest BCUT2D eigenvalue weighted by molar-refractivity contribution is -0.112. The van der Waals surface area contributed by atoms with E-state index in [0.717, 1.165) is 33.5 Å². The number of amides is 1. The summed E-state index contributed by atoms with van der Waals surface area (Å²) in [5, 5.41) is 4.61. The third-order valence-corrected chi connectivity index (χ3v) is 9.36. The van der Waals surface area contributed by atoms with Gasteiger partial charge in [-0.05, 0) is 86.1 Å². The summed E-state index contributed by atoms with van der Waals surface area (Å²) in [6.07, 6.45) is 17.3. The van der Waals surface area contributed by atoms with Crippen LogP contribution in [0.3, 0.4) is 0 Å². The Morgan fingerprint density at radius 3 is 2.51 bits per heavy atom. The van der Waals surface area contributed by atoms with Crippen molar-refractivity contribution >= 4 is 39.7 Å². The molecule has 7 nitrogen and oxygen atoms in total. The van der Waals surface area contributed by atoms with Gasteiger partial charge in [0.1, 0.15) is 11.4 Å². The molecule has 0 saturated heterocycles. The van der Waals surface area contributed by atoms with E-state index in [1.54, 1.807) is 18.4 Å². The number of hydrogen-bond donors (Lipinski definition) is 1. The van der Waals surface area contributed by atoms with Gasteiger partial charge < -0.3 is 18.9 Å². The zero-order valence-electron chi connectivity index (χ0n) is 24.9. The number of aromatic nitrogens is 3. The Morgan fingerprint density at radius 2 is 1.79 bits per heavy atom. The van der Waals surface area contributed by atoms with Crippen LogP contribution in [0, 0.1) is 0 Å². The predicted octanol–water partition coefficient (Wildman–Crippen LogP) is 7.56. The number of hydrogen-bond acceptors (Lipinski definition) is 4. The Hall–Kier alpha value is -4.65. The third kappa shape index (κ3) is 4.63. The Labute approximate surface area is 250 Å². The molecule has 1 amide bonds. The average Bonchev–Trinajstić information content (AvgIpc) is 3.83. The van der Waals surface area contributed by atoms with Crippen molar-refractivity contribution in [3.8, 4) is 11.3 Å². The summed E-state index contributed by atoms with van der Waals surface area (Å²) in [6.45, 7) is 1.54. The molecule has 2 aromatic carbocycles. The number of carbonyl (C=O) groups excluding carboxylic acids is 2. The Balaban J connectivity index is 1.25. The molecule has 0 unspecified atom stereocenters. The highest BCUT2D eigenvalue weighted by molar-refractivity contribution is 6.01. The van der Waals surface area contributed by atoms with Gasteiger partial charge in [0.15, 0.2) is 5.78 Å². The van der Waals surface area contributed by atoms with Gasteiger partial charge in [-0.2, -0.15) is 0 Å². The van der Waals surface area contributed by atoms with Gasteiger partial charge >= 0.3 is 0 Å². The normalized spacial score (nSPS) is 16.7. The summed E-state index contributed by atoms with van der Waals surface area (Å²) < 4.78 is 9.78. The fraction of sp³-hybridized carbons (Fsp3) is 0.306. The first-order valence-electron chi connectivity index (χ1n) is 15.1. The monoisotopic (exact) mass is 572 g/mol. The number of allylic oxidation sites excluding steroid dienone is 1. The summed E-state index contributed by atoms with van der Waals surface area (Å²) in [7, 11) is 4.09. The van der Waals surface area contributed by atoms with Crippen molar-refractivity contribution < 1.29 is 14.0 Å². The smallest absolute Gasteiger partial charge is 0.252 e. The molecule has 3 heterocycles. The van der Waals surface area contributed by atoms with Gasteiger partial charge in [-0.3, -0.25) is 9.59 Å². The number of nitrogens with zero attached hydrogens (tertiary/aromatic N) is 3. The molecule has 0 bridgehead atoms. The number of furan rings is 1. The highest BCUT2D eigenvalue weighted by Gasteiger charge is 2.39. The van der Waals surface area contributed by atoms with Crippen LogP contribution < -0.4 is 5.32 Å². The first-order valence-corrected chi connectivity index (χ1v) is 15.1. The lowest BCUT2D eigenvalue weighted by Crippen LogP contribution is -2.45. The van der Waals surface area contributed by atoms with Crippen LogP contribution in [-0.4, -0.2) is 25.8 Å². The number of benzene rings is 2.